The molecule has 9 nitrogen and oxygen atoms in total. The second kappa shape index (κ2) is 9.38. The summed E-state index contributed by atoms with van der Waals surface area (Å²) in [4.78, 5) is 56.8. The molecular formula is C28H30N4O5. The van der Waals surface area contributed by atoms with Gasteiger partial charge in [0.2, 0.25) is 11.8 Å². The molecule has 2 aliphatic heterocycles. The zero-order valence-corrected chi connectivity index (χ0v) is 20.9. The number of aromatic nitrogens is 1. The first kappa shape index (κ1) is 24.5. The molecule has 3 amide bonds. The molecule has 5 atom stereocenters. The van der Waals surface area contributed by atoms with Gasteiger partial charge in [0.1, 0.15) is 18.1 Å². The fraction of sp³-hybridized carbons (Fsp3) is 0.357. The van der Waals surface area contributed by atoms with Crippen LogP contribution in [-0.2, 0) is 20.8 Å². The van der Waals surface area contributed by atoms with Crippen molar-refractivity contribution in [3.8, 4) is 0 Å². The van der Waals surface area contributed by atoms with Crippen molar-refractivity contribution in [2.24, 2.45) is 5.92 Å². The Morgan fingerprint density at radius 1 is 1.08 bits per heavy atom. The summed E-state index contributed by atoms with van der Waals surface area (Å²) >= 11 is 0. The van der Waals surface area contributed by atoms with Crippen LogP contribution in [0.25, 0.3) is 10.9 Å². The van der Waals surface area contributed by atoms with E-state index in [0.29, 0.717) is 18.4 Å². The third kappa shape index (κ3) is 4.04. The average Bonchev–Trinajstić information content (AvgIpc) is 3.41. The van der Waals surface area contributed by atoms with Gasteiger partial charge in [-0.2, -0.15) is 0 Å². The molecule has 0 radical (unpaired) electrons. The van der Waals surface area contributed by atoms with Crippen molar-refractivity contribution in [2.75, 3.05) is 0 Å². The number of carbonyl (C=O) groups is 4. The van der Waals surface area contributed by atoms with Crippen molar-refractivity contribution < 1.29 is 24.3 Å². The molecule has 0 saturated carbocycles. The number of benzene rings is 2. The zero-order chi connectivity index (χ0) is 26.4. The van der Waals surface area contributed by atoms with Crippen LogP contribution in [0.2, 0.25) is 0 Å². The van der Waals surface area contributed by atoms with E-state index in [0.717, 1.165) is 27.7 Å². The largest absolute Gasteiger partial charge is 0.480 e. The Kier molecular flexibility index (Phi) is 6.23. The normalized spacial score (nSPS) is 20.4. The molecule has 3 heterocycles. The number of nitrogens with one attached hydrogen (secondary N) is 3. The molecule has 2 aromatic carbocycles. The number of carboxylic acid groups (broad SMARTS) is 1. The van der Waals surface area contributed by atoms with Crippen molar-refractivity contribution in [3.63, 3.8) is 0 Å². The number of carboxylic acids is 1. The fourth-order valence-electron chi connectivity index (χ4n) is 5.45. The number of carbonyl (C=O) groups excluding carboxylic acids is 3. The van der Waals surface area contributed by atoms with Crippen LogP contribution >= 0.6 is 0 Å². The summed E-state index contributed by atoms with van der Waals surface area (Å²) in [5, 5.41) is 15.6. The van der Waals surface area contributed by atoms with Gasteiger partial charge in [-0.25, -0.2) is 0 Å². The molecular weight excluding hydrogens is 472 g/mol. The first-order valence-corrected chi connectivity index (χ1v) is 12.6. The van der Waals surface area contributed by atoms with E-state index >= 15 is 0 Å². The van der Waals surface area contributed by atoms with Crippen LogP contribution in [0.1, 0.15) is 60.4 Å². The van der Waals surface area contributed by atoms with Crippen LogP contribution < -0.4 is 10.6 Å². The average molecular weight is 503 g/mol. The topological polar surface area (TPSA) is 132 Å². The van der Waals surface area contributed by atoms with Gasteiger partial charge in [0.25, 0.3) is 5.91 Å². The highest BCUT2D eigenvalue weighted by Gasteiger charge is 2.49. The Bertz CT molecular complexity index is 1410. The van der Waals surface area contributed by atoms with Crippen LogP contribution in [0.3, 0.4) is 0 Å². The third-order valence-electron chi connectivity index (χ3n) is 7.68. The lowest BCUT2D eigenvalue weighted by Gasteiger charge is -2.38. The molecule has 0 aliphatic carbocycles. The molecule has 1 aromatic heterocycles. The summed E-state index contributed by atoms with van der Waals surface area (Å²) in [6, 6.07) is 11.9. The highest BCUT2D eigenvalue weighted by atomic mass is 16.4. The third-order valence-corrected chi connectivity index (χ3v) is 7.68. The maximum Gasteiger partial charge on any atom is 0.325 e. The Hall–Kier alpha value is -4.14. The van der Waals surface area contributed by atoms with E-state index < -0.39 is 42.0 Å². The molecule has 9 heteroatoms. The second-order valence-corrected chi connectivity index (χ2v) is 9.93. The molecule has 192 valence electrons. The summed E-state index contributed by atoms with van der Waals surface area (Å²) in [5.41, 5.74) is 4.21. The first-order valence-electron chi connectivity index (χ1n) is 12.6. The van der Waals surface area contributed by atoms with E-state index in [1.165, 1.54) is 6.92 Å². The highest BCUT2D eigenvalue weighted by molar-refractivity contribution is 6.04. The number of fused-ring (bicyclic) bond motifs is 7. The lowest BCUT2D eigenvalue weighted by atomic mass is 9.89. The van der Waals surface area contributed by atoms with Crippen LogP contribution in [-0.4, -0.2) is 56.8 Å². The number of hydrogen-bond acceptors (Lipinski definition) is 4. The number of hydrogen-bond donors (Lipinski definition) is 4. The van der Waals surface area contributed by atoms with Gasteiger partial charge in [0, 0.05) is 28.6 Å². The van der Waals surface area contributed by atoms with Crippen LogP contribution in [0, 0.1) is 5.92 Å². The van der Waals surface area contributed by atoms with Gasteiger partial charge < -0.3 is 25.6 Å². The SMILES string of the molecule is CC[C@H](C)[C@H](NC(=O)[C@@H]1Cc2c([nH]c3ccccc23)[C@@H]2c3ccccc3C(=O)N21)C(=O)N[C@H](C)C(=O)O. The quantitative estimate of drug-likeness (QED) is 0.395. The Morgan fingerprint density at radius 3 is 2.51 bits per heavy atom. The number of rotatable bonds is 7. The minimum Gasteiger partial charge on any atom is -0.480 e. The van der Waals surface area contributed by atoms with Gasteiger partial charge in [-0.05, 0) is 36.1 Å². The van der Waals surface area contributed by atoms with Crippen LogP contribution in [0.15, 0.2) is 48.5 Å². The minimum atomic E-state index is -1.16. The van der Waals surface area contributed by atoms with E-state index in [1.807, 2.05) is 56.3 Å². The van der Waals surface area contributed by atoms with Crippen LogP contribution in [0.4, 0.5) is 0 Å². The molecule has 3 aromatic rings. The molecule has 4 N–H and O–H groups in total. The van der Waals surface area contributed by atoms with Crippen LogP contribution in [0.5, 0.6) is 0 Å². The molecule has 0 bridgehead atoms. The van der Waals surface area contributed by atoms with Crippen molar-refractivity contribution in [1.82, 2.24) is 20.5 Å². The van der Waals surface area contributed by atoms with Crippen molar-refractivity contribution >= 4 is 34.6 Å². The molecule has 0 saturated heterocycles. The highest BCUT2D eigenvalue weighted by Crippen LogP contribution is 2.46. The van der Waals surface area contributed by atoms with Crippen molar-refractivity contribution in [1.29, 1.82) is 0 Å². The predicted octanol–water partition coefficient (Wildman–Crippen LogP) is 2.76. The van der Waals surface area contributed by atoms with Gasteiger partial charge in [-0.1, -0.05) is 56.7 Å². The molecule has 37 heavy (non-hydrogen) atoms. The zero-order valence-electron chi connectivity index (χ0n) is 20.9. The molecule has 2 aliphatic rings. The summed E-state index contributed by atoms with van der Waals surface area (Å²) < 4.78 is 0. The van der Waals surface area contributed by atoms with Gasteiger partial charge in [-0.3, -0.25) is 19.2 Å². The summed E-state index contributed by atoms with van der Waals surface area (Å²) in [6.07, 6.45) is 0.884. The van der Waals surface area contributed by atoms with E-state index in [1.54, 1.807) is 11.0 Å². The number of amides is 3. The van der Waals surface area contributed by atoms with Gasteiger partial charge in [0.15, 0.2) is 0 Å². The minimum absolute atomic E-state index is 0.228. The van der Waals surface area contributed by atoms with E-state index in [4.69, 9.17) is 0 Å². The maximum absolute atomic E-state index is 13.8. The Morgan fingerprint density at radius 2 is 1.78 bits per heavy atom. The summed E-state index contributed by atoms with van der Waals surface area (Å²) in [7, 11) is 0. The predicted molar refractivity (Wildman–Crippen MR) is 137 cm³/mol. The smallest absolute Gasteiger partial charge is 0.325 e. The number of nitrogens with zero attached hydrogens (tertiary/aromatic N) is 1. The summed E-state index contributed by atoms with van der Waals surface area (Å²) in [5.74, 6) is -2.64. The lowest BCUT2D eigenvalue weighted by molar-refractivity contribution is -0.142. The monoisotopic (exact) mass is 502 g/mol. The lowest BCUT2D eigenvalue weighted by Crippen LogP contribution is -2.59. The maximum atomic E-state index is 13.8. The first-order chi connectivity index (χ1) is 17.7. The molecule has 0 spiro atoms. The fourth-order valence-corrected chi connectivity index (χ4v) is 5.45. The number of aliphatic carboxylic acids is 1. The number of H-pyrrole nitrogens is 1. The standard InChI is InChI=1S/C28H30N4O5/c1-4-14(2)22(26(34)29-15(3)28(36)37)31-25(33)21-13-19-16-9-7-8-12-20(16)30-23(19)24-17-10-5-6-11-18(17)27(35)32(21)24/h5-12,14-15,21-22,24,30H,4,13H2,1-3H3,(H,29,34)(H,31,33)(H,36,37)/t14-,15+,21-,22-,24-/m0/s1. The van der Waals surface area contributed by atoms with E-state index in [2.05, 4.69) is 15.6 Å². The van der Waals surface area contributed by atoms with Crippen molar-refractivity contribution in [3.05, 3.63) is 70.9 Å². The Balaban J connectivity index is 1.53. The van der Waals surface area contributed by atoms with Gasteiger partial charge in [0.05, 0.1) is 6.04 Å². The molecule has 0 fully saturated rings. The Labute approximate surface area is 214 Å². The molecule has 5 rings (SSSR count). The van der Waals surface area contributed by atoms with Gasteiger partial charge >= 0.3 is 5.97 Å². The van der Waals surface area contributed by atoms with E-state index in [-0.39, 0.29) is 11.8 Å². The van der Waals surface area contributed by atoms with E-state index in [9.17, 15) is 24.3 Å². The van der Waals surface area contributed by atoms with Gasteiger partial charge in [-0.15, -0.1) is 0 Å². The van der Waals surface area contributed by atoms with Crippen molar-refractivity contribution in [2.45, 2.75) is 57.8 Å². The number of para-hydroxylation sites is 1. The number of aromatic amines is 1. The molecule has 0 unspecified atom stereocenters. The summed E-state index contributed by atoms with van der Waals surface area (Å²) in [6.45, 7) is 5.10. The second-order valence-electron chi connectivity index (χ2n) is 9.93.